The van der Waals surface area contributed by atoms with Gasteiger partial charge in [0.15, 0.2) is 0 Å². The molecular weight excluding hydrogens is 282 g/mol. The fraction of sp³-hybridized carbons (Fsp3) is 0.529. The number of benzene rings is 1. The van der Waals surface area contributed by atoms with Gasteiger partial charge in [0, 0.05) is 13.2 Å². The van der Waals surface area contributed by atoms with Crippen molar-refractivity contribution in [3.8, 4) is 0 Å². The second-order valence-electron chi connectivity index (χ2n) is 6.83. The summed E-state index contributed by atoms with van der Waals surface area (Å²) in [6, 6.07) is 7.48. The minimum atomic E-state index is -0.647. The van der Waals surface area contributed by atoms with Crippen molar-refractivity contribution >= 4 is 17.7 Å². The number of hydrogen-bond donors (Lipinski definition) is 0. The third kappa shape index (κ3) is 2.29. The quantitative estimate of drug-likeness (QED) is 0.739. The van der Waals surface area contributed by atoms with Crippen LogP contribution in [-0.2, 0) is 19.7 Å². The Kier molecular flexibility index (Phi) is 3.48. The van der Waals surface area contributed by atoms with Gasteiger partial charge in [-0.05, 0) is 45.2 Å². The van der Waals surface area contributed by atoms with Gasteiger partial charge in [0.2, 0.25) is 5.91 Å². The van der Waals surface area contributed by atoms with Gasteiger partial charge in [-0.3, -0.25) is 4.79 Å². The van der Waals surface area contributed by atoms with Crippen LogP contribution >= 0.6 is 0 Å². The molecule has 0 N–H and O–H groups in total. The van der Waals surface area contributed by atoms with Gasteiger partial charge in [-0.15, -0.1) is 0 Å². The molecule has 1 aromatic rings. The molecule has 1 spiro atoms. The van der Waals surface area contributed by atoms with Crippen molar-refractivity contribution in [1.29, 1.82) is 0 Å². The third-order valence-electron chi connectivity index (χ3n) is 4.20. The van der Waals surface area contributed by atoms with Gasteiger partial charge in [0.1, 0.15) is 5.60 Å². The number of anilines is 1. The second kappa shape index (κ2) is 5.09. The fourth-order valence-electron chi connectivity index (χ4n) is 3.20. The molecule has 22 heavy (non-hydrogen) atoms. The molecule has 2 heterocycles. The lowest BCUT2D eigenvalue weighted by Gasteiger charge is -2.32. The highest BCUT2D eigenvalue weighted by Crippen LogP contribution is 2.47. The maximum atomic E-state index is 13.0. The summed E-state index contributed by atoms with van der Waals surface area (Å²) in [7, 11) is 0. The zero-order valence-corrected chi connectivity index (χ0v) is 13.2. The molecule has 0 aliphatic carbocycles. The van der Waals surface area contributed by atoms with Gasteiger partial charge >= 0.3 is 6.09 Å². The average molecular weight is 303 g/mol. The molecule has 5 heteroatoms. The summed E-state index contributed by atoms with van der Waals surface area (Å²) >= 11 is 0. The minimum absolute atomic E-state index is 0.189. The predicted molar refractivity (Wildman–Crippen MR) is 81.9 cm³/mol. The largest absolute Gasteiger partial charge is 0.443 e. The molecular formula is C17H21NO4. The number of ether oxygens (including phenoxy) is 2. The molecule has 2 aliphatic rings. The number of fused-ring (bicyclic) bond motifs is 2. The van der Waals surface area contributed by atoms with Crippen molar-refractivity contribution in [1.82, 2.24) is 0 Å². The van der Waals surface area contributed by atoms with Crippen molar-refractivity contribution in [2.24, 2.45) is 0 Å². The van der Waals surface area contributed by atoms with Gasteiger partial charge in [-0.1, -0.05) is 18.2 Å². The normalized spacial score (nSPS) is 20.1. The van der Waals surface area contributed by atoms with Gasteiger partial charge in [0.25, 0.3) is 0 Å². The molecule has 1 saturated heterocycles. The standard InChI is InChI=1S/C17H21NO4/c1-16(2,3)22-15(20)18-13-7-5-4-6-12(13)17(14(18)19)8-10-21-11-9-17/h4-7H,8-11H2,1-3H3. The van der Waals surface area contributed by atoms with E-state index in [1.807, 2.05) is 18.2 Å². The minimum Gasteiger partial charge on any atom is -0.443 e. The highest BCUT2D eigenvalue weighted by molar-refractivity contribution is 6.21. The highest BCUT2D eigenvalue weighted by Gasteiger charge is 2.54. The lowest BCUT2D eigenvalue weighted by Crippen LogP contribution is -2.47. The first-order chi connectivity index (χ1) is 10.4. The lowest BCUT2D eigenvalue weighted by atomic mass is 9.75. The summed E-state index contributed by atoms with van der Waals surface area (Å²) < 4.78 is 10.8. The Bertz CT molecular complexity index is 611. The van der Waals surface area contributed by atoms with Crippen LogP contribution in [-0.4, -0.2) is 30.8 Å². The van der Waals surface area contributed by atoms with E-state index in [-0.39, 0.29) is 5.91 Å². The highest BCUT2D eigenvalue weighted by atomic mass is 16.6. The summed E-state index contributed by atoms with van der Waals surface area (Å²) in [4.78, 5) is 26.7. The van der Waals surface area contributed by atoms with E-state index in [9.17, 15) is 9.59 Å². The van der Waals surface area contributed by atoms with Gasteiger partial charge in [-0.2, -0.15) is 0 Å². The Morgan fingerprint density at radius 3 is 2.50 bits per heavy atom. The molecule has 0 bridgehead atoms. The van der Waals surface area contributed by atoms with E-state index in [4.69, 9.17) is 9.47 Å². The SMILES string of the molecule is CC(C)(C)OC(=O)N1C(=O)C2(CCOCC2)c2ccccc21. The first-order valence-electron chi connectivity index (χ1n) is 7.60. The molecule has 0 unspecified atom stereocenters. The van der Waals surface area contributed by atoms with Crippen molar-refractivity contribution in [3.05, 3.63) is 29.8 Å². The van der Waals surface area contributed by atoms with Crippen LogP contribution in [0.1, 0.15) is 39.2 Å². The Morgan fingerprint density at radius 1 is 1.23 bits per heavy atom. The van der Waals surface area contributed by atoms with Crippen LogP contribution in [0.4, 0.5) is 10.5 Å². The molecule has 3 rings (SSSR count). The first-order valence-corrected chi connectivity index (χ1v) is 7.60. The predicted octanol–water partition coefficient (Wildman–Crippen LogP) is 3.02. The number of para-hydroxylation sites is 1. The topological polar surface area (TPSA) is 55.8 Å². The number of carbonyl (C=O) groups excluding carboxylic acids is 2. The van der Waals surface area contributed by atoms with E-state index in [2.05, 4.69) is 0 Å². The zero-order valence-electron chi connectivity index (χ0n) is 13.2. The van der Waals surface area contributed by atoms with E-state index in [0.29, 0.717) is 31.7 Å². The monoisotopic (exact) mass is 303 g/mol. The Balaban J connectivity index is 2.03. The maximum absolute atomic E-state index is 13.0. The number of rotatable bonds is 0. The van der Waals surface area contributed by atoms with E-state index in [0.717, 1.165) is 5.56 Å². The van der Waals surface area contributed by atoms with Crippen molar-refractivity contribution in [2.75, 3.05) is 18.1 Å². The number of hydrogen-bond acceptors (Lipinski definition) is 4. The van der Waals surface area contributed by atoms with Gasteiger partial charge in [-0.25, -0.2) is 9.69 Å². The first kappa shape index (κ1) is 15.0. The molecule has 0 radical (unpaired) electrons. The van der Waals surface area contributed by atoms with Crippen LogP contribution in [0.15, 0.2) is 24.3 Å². The number of carbonyl (C=O) groups is 2. The van der Waals surface area contributed by atoms with Gasteiger partial charge in [0.05, 0.1) is 11.1 Å². The number of nitrogens with zero attached hydrogens (tertiary/aromatic N) is 1. The van der Waals surface area contributed by atoms with E-state index < -0.39 is 17.1 Å². The summed E-state index contributed by atoms with van der Waals surface area (Å²) in [6.45, 7) is 6.44. The molecule has 1 aromatic carbocycles. The fourth-order valence-corrected chi connectivity index (χ4v) is 3.20. The molecule has 118 valence electrons. The Morgan fingerprint density at radius 2 is 1.86 bits per heavy atom. The van der Waals surface area contributed by atoms with Gasteiger partial charge < -0.3 is 9.47 Å². The molecule has 2 amide bonds. The molecule has 2 aliphatic heterocycles. The van der Waals surface area contributed by atoms with Crippen LogP contribution in [0, 0.1) is 0 Å². The van der Waals surface area contributed by atoms with E-state index in [1.54, 1.807) is 26.8 Å². The third-order valence-corrected chi connectivity index (χ3v) is 4.20. The number of imide groups is 1. The zero-order chi connectivity index (χ0) is 16.0. The molecule has 0 atom stereocenters. The summed E-state index contributed by atoms with van der Waals surface area (Å²) in [5.74, 6) is -0.189. The van der Waals surface area contributed by atoms with Crippen molar-refractivity contribution in [3.63, 3.8) is 0 Å². The second-order valence-corrected chi connectivity index (χ2v) is 6.83. The maximum Gasteiger partial charge on any atom is 0.421 e. The average Bonchev–Trinajstić information content (AvgIpc) is 2.68. The van der Waals surface area contributed by atoms with Crippen LogP contribution in [0.5, 0.6) is 0 Å². The summed E-state index contributed by atoms with van der Waals surface area (Å²) in [5, 5.41) is 0. The van der Waals surface area contributed by atoms with Crippen LogP contribution < -0.4 is 4.90 Å². The van der Waals surface area contributed by atoms with Crippen LogP contribution in [0.25, 0.3) is 0 Å². The summed E-state index contributed by atoms with van der Waals surface area (Å²) in [6.07, 6.45) is 0.595. The Labute approximate surface area is 130 Å². The molecule has 0 aromatic heterocycles. The molecule has 5 nitrogen and oxygen atoms in total. The van der Waals surface area contributed by atoms with Crippen molar-refractivity contribution < 1.29 is 19.1 Å². The van der Waals surface area contributed by atoms with Crippen molar-refractivity contribution in [2.45, 2.75) is 44.6 Å². The lowest BCUT2D eigenvalue weighted by molar-refractivity contribution is -0.126. The number of amides is 2. The van der Waals surface area contributed by atoms with E-state index in [1.165, 1.54) is 4.90 Å². The summed E-state index contributed by atoms with van der Waals surface area (Å²) in [5.41, 5.74) is 0.265. The molecule has 0 saturated carbocycles. The molecule has 1 fully saturated rings. The Hall–Kier alpha value is -1.88. The smallest absolute Gasteiger partial charge is 0.421 e. The van der Waals surface area contributed by atoms with Crippen LogP contribution in [0.3, 0.4) is 0 Å². The van der Waals surface area contributed by atoms with Crippen LogP contribution in [0.2, 0.25) is 0 Å². The van der Waals surface area contributed by atoms with E-state index >= 15 is 0 Å².